The molecule has 1 aromatic heterocycles. The normalized spacial score (nSPS) is 11.0. The van der Waals surface area contributed by atoms with Crippen LogP contribution in [0.2, 0.25) is 10.0 Å². The molecule has 0 bridgehead atoms. The Hall–Kier alpha value is -3.29. The monoisotopic (exact) mass is 459 g/mol. The lowest BCUT2D eigenvalue weighted by atomic mass is 10.0. The lowest BCUT2D eigenvalue weighted by molar-refractivity contribution is -0.116. The summed E-state index contributed by atoms with van der Waals surface area (Å²) in [7, 11) is 0. The number of halogens is 4. The molecule has 0 atom stereocenters. The molecule has 156 valence electrons. The summed E-state index contributed by atoms with van der Waals surface area (Å²) in [5.74, 6) is -2.32. The van der Waals surface area contributed by atoms with Crippen LogP contribution >= 0.6 is 23.2 Å². The fourth-order valence-electron chi connectivity index (χ4n) is 3.12. The van der Waals surface area contributed by atoms with Gasteiger partial charge in [0.25, 0.3) is 5.56 Å². The maximum absolute atomic E-state index is 14.6. The van der Waals surface area contributed by atoms with Gasteiger partial charge in [0.05, 0.1) is 17.2 Å². The Morgan fingerprint density at radius 2 is 1.42 bits per heavy atom. The first-order valence-electron chi connectivity index (χ1n) is 9.05. The fraction of sp³-hybridized carbons (Fsp3) is 0.0455. The lowest BCUT2D eigenvalue weighted by Gasteiger charge is -2.13. The average Bonchev–Trinajstić information content (AvgIpc) is 2.74. The summed E-state index contributed by atoms with van der Waals surface area (Å²) in [4.78, 5) is 25.9. The van der Waals surface area contributed by atoms with E-state index in [2.05, 4.69) is 10.5 Å². The van der Waals surface area contributed by atoms with Gasteiger partial charge < -0.3 is 0 Å². The van der Waals surface area contributed by atoms with E-state index >= 15 is 0 Å². The van der Waals surface area contributed by atoms with Crippen LogP contribution in [-0.4, -0.2) is 15.8 Å². The average molecular weight is 460 g/mol. The second kappa shape index (κ2) is 8.45. The highest BCUT2D eigenvalue weighted by Gasteiger charge is 2.20. The first-order chi connectivity index (χ1) is 14.8. The van der Waals surface area contributed by atoms with Gasteiger partial charge in [-0.05, 0) is 42.0 Å². The standard InChI is InChI=1S/C22H13Cl2F2N3O2/c23-14-5-1-12(2-6-14)11-18(30)27-29-22(31)20-17(26)10-9-16(25)19(20)21(28-29)13-3-7-15(24)8-4-13/h1-10H,11H2,(H,27,30). The van der Waals surface area contributed by atoms with E-state index in [1.807, 2.05) is 0 Å². The first-order valence-corrected chi connectivity index (χ1v) is 9.80. The molecule has 0 unspecified atom stereocenters. The highest BCUT2D eigenvalue weighted by atomic mass is 35.5. The third kappa shape index (κ3) is 4.28. The Morgan fingerprint density at radius 1 is 0.871 bits per heavy atom. The Labute approximate surface area is 184 Å². The van der Waals surface area contributed by atoms with E-state index in [1.54, 1.807) is 48.5 Å². The Morgan fingerprint density at radius 3 is 2.03 bits per heavy atom. The predicted octanol–water partition coefficient (Wildman–Crippen LogP) is 4.96. The van der Waals surface area contributed by atoms with Crippen molar-refractivity contribution in [1.82, 2.24) is 9.89 Å². The van der Waals surface area contributed by atoms with Crippen LogP contribution in [0.15, 0.2) is 65.5 Å². The van der Waals surface area contributed by atoms with Gasteiger partial charge in [0.1, 0.15) is 17.3 Å². The maximum Gasteiger partial charge on any atom is 0.297 e. The first kappa shape index (κ1) is 21.0. The van der Waals surface area contributed by atoms with Gasteiger partial charge in [0.2, 0.25) is 5.91 Å². The molecule has 9 heteroatoms. The summed E-state index contributed by atoms with van der Waals surface area (Å²) in [5.41, 5.74) is 2.36. The third-order valence-corrected chi connectivity index (χ3v) is 5.08. The molecule has 0 fully saturated rings. The van der Waals surface area contributed by atoms with Crippen LogP contribution in [-0.2, 0) is 11.2 Å². The molecule has 0 radical (unpaired) electrons. The van der Waals surface area contributed by atoms with Crippen molar-refractivity contribution in [3.63, 3.8) is 0 Å². The summed E-state index contributed by atoms with van der Waals surface area (Å²) < 4.78 is 29.1. The van der Waals surface area contributed by atoms with Gasteiger partial charge in [-0.2, -0.15) is 0 Å². The van der Waals surface area contributed by atoms with E-state index < -0.39 is 28.5 Å². The molecule has 0 aliphatic heterocycles. The highest BCUT2D eigenvalue weighted by Crippen LogP contribution is 2.29. The third-order valence-electron chi connectivity index (χ3n) is 4.57. The van der Waals surface area contributed by atoms with Crippen molar-refractivity contribution in [1.29, 1.82) is 0 Å². The van der Waals surface area contributed by atoms with Crippen LogP contribution in [0.25, 0.3) is 22.0 Å². The van der Waals surface area contributed by atoms with Gasteiger partial charge >= 0.3 is 0 Å². The van der Waals surface area contributed by atoms with Crippen molar-refractivity contribution in [2.45, 2.75) is 6.42 Å². The van der Waals surface area contributed by atoms with Crippen molar-refractivity contribution in [2.24, 2.45) is 0 Å². The number of fused-ring (bicyclic) bond motifs is 1. The molecule has 0 saturated carbocycles. The number of amides is 1. The summed E-state index contributed by atoms with van der Waals surface area (Å²) in [5, 5.41) is 4.25. The molecule has 0 saturated heterocycles. The number of carbonyl (C=O) groups is 1. The van der Waals surface area contributed by atoms with Crippen molar-refractivity contribution in [3.05, 3.63) is 98.3 Å². The Balaban J connectivity index is 1.82. The van der Waals surface area contributed by atoms with E-state index in [0.717, 1.165) is 12.1 Å². The van der Waals surface area contributed by atoms with Gasteiger partial charge in [0, 0.05) is 15.6 Å². The van der Waals surface area contributed by atoms with E-state index in [1.165, 1.54) is 0 Å². The largest absolute Gasteiger partial charge is 0.297 e. The quantitative estimate of drug-likeness (QED) is 0.468. The molecule has 1 N–H and O–H groups in total. The molecule has 0 aliphatic rings. The second-order valence-electron chi connectivity index (χ2n) is 6.69. The van der Waals surface area contributed by atoms with E-state index in [4.69, 9.17) is 23.2 Å². The van der Waals surface area contributed by atoms with Crippen molar-refractivity contribution in [2.75, 3.05) is 5.43 Å². The van der Waals surface area contributed by atoms with E-state index in [0.29, 0.717) is 26.0 Å². The molecule has 0 aliphatic carbocycles. The number of hydrogen-bond acceptors (Lipinski definition) is 3. The van der Waals surface area contributed by atoms with E-state index in [-0.39, 0.29) is 17.5 Å². The zero-order valence-electron chi connectivity index (χ0n) is 15.7. The number of hydrogen-bond donors (Lipinski definition) is 1. The van der Waals surface area contributed by atoms with Crippen LogP contribution < -0.4 is 11.0 Å². The number of aromatic nitrogens is 2. The molecule has 4 rings (SSSR count). The molecular weight excluding hydrogens is 447 g/mol. The zero-order chi connectivity index (χ0) is 22.1. The van der Waals surface area contributed by atoms with Gasteiger partial charge in [-0.25, -0.2) is 14.2 Å². The molecule has 0 spiro atoms. The van der Waals surface area contributed by atoms with Crippen LogP contribution in [0.1, 0.15) is 5.56 Å². The Bertz CT molecular complexity index is 1350. The van der Waals surface area contributed by atoms with Crippen LogP contribution in [0, 0.1) is 11.6 Å². The van der Waals surface area contributed by atoms with Crippen LogP contribution in [0.4, 0.5) is 8.78 Å². The number of nitrogens with zero attached hydrogens (tertiary/aromatic N) is 2. The topological polar surface area (TPSA) is 64.0 Å². The zero-order valence-corrected chi connectivity index (χ0v) is 17.2. The van der Waals surface area contributed by atoms with Crippen molar-refractivity contribution >= 4 is 39.9 Å². The molecule has 1 amide bonds. The molecule has 3 aromatic carbocycles. The fourth-order valence-corrected chi connectivity index (χ4v) is 3.38. The molecule has 5 nitrogen and oxygen atoms in total. The smallest absolute Gasteiger partial charge is 0.273 e. The summed E-state index contributed by atoms with van der Waals surface area (Å²) in [6, 6.07) is 14.6. The number of nitrogens with one attached hydrogen (secondary N) is 1. The van der Waals surface area contributed by atoms with Gasteiger partial charge in [0.15, 0.2) is 0 Å². The minimum atomic E-state index is -0.992. The van der Waals surface area contributed by atoms with Gasteiger partial charge in [-0.3, -0.25) is 9.59 Å². The lowest BCUT2D eigenvalue weighted by Crippen LogP contribution is -2.36. The minimum Gasteiger partial charge on any atom is -0.273 e. The molecule has 4 aromatic rings. The van der Waals surface area contributed by atoms with Gasteiger partial charge in [-0.15, -0.1) is 9.89 Å². The highest BCUT2D eigenvalue weighted by molar-refractivity contribution is 6.30. The van der Waals surface area contributed by atoms with E-state index in [9.17, 15) is 18.4 Å². The number of rotatable bonds is 4. The van der Waals surface area contributed by atoms with Crippen LogP contribution in [0.5, 0.6) is 0 Å². The molecule has 1 heterocycles. The number of carbonyl (C=O) groups excluding carboxylic acids is 1. The summed E-state index contributed by atoms with van der Waals surface area (Å²) in [6.45, 7) is 0. The summed E-state index contributed by atoms with van der Waals surface area (Å²) in [6.07, 6.45) is -0.0781. The molecular formula is C22H13Cl2F2N3O2. The Kier molecular flexibility index (Phi) is 5.71. The minimum absolute atomic E-state index is 0.0185. The number of benzene rings is 3. The van der Waals surface area contributed by atoms with Crippen molar-refractivity contribution < 1.29 is 13.6 Å². The maximum atomic E-state index is 14.6. The van der Waals surface area contributed by atoms with Gasteiger partial charge in [-0.1, -0.05) is 47.5 Å². The van der Waals surface area contributed by atoms with Crippen LogP contribution in [0.3, 0.4) is 0 Å². The second-order valence-corrected chi connectivity index (χ2v) is 7.56. The predicted molar refractivity (Wildman–Crippen MR) is 116 cm³/mol. The van der Waals surface area contributed by atoms with Crippen molar-refractivity contribution in [3.8, 4) is 11.3 Å². The molecule has 31 heavy (non-hydrogen) atoms. The SMILES string of the molecule is O=C(Cc1ccc(Cl)cc1)Nn1nc(-c2ccc(Cl)cc2)c2c(F)ccc(F)c2c1=O. The summed E-state index contributed by atoms with van der Waals surface area (Å²) >= 11 is 11.7.